The Morgan fingerprint density at radius 3 is 2.71 bits per heavy atom. The maximum absolute atomic E-state index is 11.9. The number of hydrogen-bond donors (Lipinski definition) is 2. The van der Waals surface area contributed by atoms with Crippen LogP contribution >= 0.6 is 0 Å². The molecule has 1 amide bonds. The van der Waals surface area contributed by atoms with Crippen molar-refractivity contribution in [3.8, 4) is 0 Å². The van der Waals surface area contributed by atoms with E-state index in [2.05, 4.69) is 0 Å². The topological polar surface area (TPSA) is 92.9 Å². The summed E-state index contributed by atoms with van der Waals surface area (Å²) in [7, 11) is 1.63. The van der Waals surface area contributed by atoms with Gasteiger partial charge in [0.05, 0.1) is 19.3 Å². The van der Waals surface area contributed by atoms with Crippen molar-refractivity contribution in [2.45, 2.75) is 19.4 Å². The summed E-state index contributed by atoms with van der Waals surface area (Å²) in [4.78, 5) is 24.4. The van der Waals surface area contributed by atoms with Crippen molar-refractivity contribution in [3.05, 3.63) is 0 Å². The van der Waals surface area contributed by atoms with Crippen molar-refractivity contribution in [3.63, 3.8) is 0 Å². The number of ether oxygens (including phenoxy) is 1. The van der Waals surface area contributed by atoms with Crippen molar-refractivity contribution >= 4 is 11.9 Å². The molecule has 98 valence electrons. The lowest BCUT2D eigenvalue weighted by molar-refractivity contribution is -0.144. The first-order chi connectivity index (χ1) is 7.97. The van der Waals surface area contributed by atoms with Gasteiger partial charge < -0.3 is 20.5 Å². The fourth-order valence-corrected chi connectivity index (χ4v) is 1.87. The van der Waals surface area contributed by atoms with Gasteiger partial charge in [0.25, 0.3) is 0 Å². The molecule has 0 aliphatic carbocycles. The van der Waals surface area contributed by atoms with Crippen molar-refractivity contribution < 1.29 is 19.4 Å². The van der Waals surface area contributed by atoms with Gasteiger partial charge in [0.1, 0.15) is 5.92 Å². The molecular formula is C11H20N2O4. The molecule has 1 saturated heterocycles. The van der Waals surface area contributed by atoms with Gasteiger partial charge in [-0.15, -0.1) is 0 Å². The van der Waals surface area contributed by atoms with E-state index in [1.165, 1.54) is 4.90 Å². The van der Waals surface area contributed by atoms with Crippen LogP contribution < -0.4 is 5.73 Å². The number of amides is 1. The lowest BCUT2D eigenvalue weighted by Gasteiger charge is -2.27. The minimum absolute atomic E-state index is 0.0790. The molecule has 1 aliphatic heterocycles. The molecular weight excluding hydrogens is 224 g/mol. The first-order valence-electron chi connectivity index (χ1n) is 5.73. The summed E-state index contributed by atoms with van der Waals surface area (Å²) in [6.07, 6.45) is 0.343. The fourth-order valence-electron chi connectivity index (χ4n) is 1.87. The monoisotopic (exact) mass is 244 g/mol. The van der Waals surface area contributed by atoms with Crippen LogP contribution in [-0.4, -0.2) is 54.7 Å². The van der Waals surface area contributed by atoms with Crippen LogP contribution in [-0.2, 0) is 14.3 Å². The molecule has 6 heteroatoms. The Balaban J connectivity index is 2.59. The van der Waals surface area contributed by atoms with Gasteiger partial charge >= 0.3 is 5.97 Å². The third-order valence-corrected chi connectivity index (χ3v) is 3.18. The van der Waals surface area contributed by atoms with Crippen LogP contribution in [0.2, 0.25) is 0 Å². The Labute approximate surface area is 101 Å². The molecule has 1 fully saturated rings. The number of carbonyl (C=O) groups excluding carboxylic acids is 1. The van der Waals surface area contributed by atoms with Gasteiger partial charge in [-0.2, -0.15) is 0 Å². The van der Waals surface area contributed by atoms with E-state index in [0.717, 1.165) is 0 Å². The third kappa shape index (κ3) is 3.41. The molecule has 0 aromatic heterocycles. The molecule has 3 atom stereocenters. The smallest absolute Gasteiger partial charge is 0.311 e. The lowest BCUT2D eigenvalue weighted by Crippen LogP contribution is -2.44. The summed E-state index contributed by atoms with van der Waals surface area (Å²) < 4.78 is 5.13. The predicted molar refractivity (Wildman–Crippen MR) is 61.3 cm³/mol. The fraction of sp³-hybridized carbons (Fsp3) is 0.818. The van der Waals surface area contributed by atoms with Gasteiger partial charge in [0, 0.05) is 13.5 Å². The Hall–Kier alpha value is -1.14. The number of carbonyl (C=O) groups is 2. The summed E-state index contributed by atoms with van der Waals surface area (Å²) in [6, 6.07) is -0.370. The molecule has 0 aromatic rings. The van der Waals surface area contributed by atoms with E-state index in [1.54, 1.807) is 7.05 Å². The average molecular weight is 244 g/mol. The number of carboxylic acids is 1. The summed E-state index contributed by atoms with van der Waals surface area (Å²) in [5.74, 6) is -1.52. The van der Waals surface area contributed by atoms with Gasteiger partial charge in [-0.25, -0.2) is 0 Å². The van der Waals surface area contributed by atoms with Crippen LogP contribution in [0, 0.1) is 11.8 Å². The lowest BCUT2D eigenvalue weighted by atomic mass is 10.0. The molecule has 3 unspecified atom stereocenters. The first kappa shape index (κ1) is 13.9. The number of rotatable bonds is 5. The maximum Gasteiger partial charge on any atom is 0.311 e. The quantitative estimate of drug-likeness (QED) is 0.682. The van der Waals surface area contributed by atoms with E-state index in [-0.39, 0.29) is 31.1 Å². The Kier molecular flexibility index (Phi) is 4.89. The standard InChI is InChI=1S/C11H20N2O4/c1-7(4-12)3-10(14)13(2)9-6-17-5-8(9)11(15)16/h7-9H,3-6,12H2,1-2H3,(H,15,16). The summed E-state index contributed by atoms with van der Waals surface area (Å²) in [5, 5.41) is 9.00. The number of nitrogens with two attached hydrogens (primary N) is 1. The van der Waals surface area contributed by atoms with E-state index >= 15 is 0 Å². The summed E-state index contributed by atoms with van der Waals surface area (Å²) in [6.45, 7) is 2.80. The third-order valence-electron chi connectivity index (χ3n) is 3.18. The number of likely N-dealkylation sites (N-methyl/N-ethyl adjacent to an activating group) is 1. The molecule has 0 saturated carbocycles. The second-order valence-corrected chi connectivity index (χ2v) is 4.60. The van der Waals surface area contributed by atoms with Gasteiger partial charge in [-0.3, -0.25) is 9.59 Å². The van der Waals surface area contributed by atoms with E-state index in [9.17, 15) is 9.59 Å². The molecule has 0 aromatic carbocycles. The second-order valence-electron chi connectivity index (χ2n) is 4.60. The van der Waals surface area contributed by atoms with Crippen molar-refractivity contribution in [2.24, 2.45) is 17.6 Å². The molecule has 1 rings (SSSR count). The number of carboxylic acid groups (broad SMARTS) is 1. The average Bonchev–Trinajstić information content (AvgIpc) is 2.76. The van der Waals surface area contributed by atoms with E-state index in [4.69, 9.17) is 15.6 Å². The highest BCUT2D eigenvalue weighted by atomic mass is 16.5. The predicted octanol–water partition coefficient (Wildman–Crippen LogP) is -0.471. The molecule has 3 N–H and O–H groups in total. The molecule has 1 heterocycles. The molecule has 17 heavy (non-hydrogen) atoms. The van der Waals surface area contributed by atoms with Gasteiger partial charge in [-0.1, -0.05) is 6.92 Å². The van der Waals surface area contributed by atoms with E-state index < -0.39 is 11.9 Å². The van der Waals surface area contributed by atoms with Gasteiger partial charge in [0.2, 0.25) is 5.91 Å². The Morgan fingerprint density at radius 1 is 1.53 bits per heavy atom. The molecule has 1 aliphatic rings. The highest BCUT2D eigenvalue weighted by Gasteiger charge is 2.38. The minimum atomic E-state index is -0.918. The van der Waals surface area contributed by atoms with Crippen LogP contribution in [0.4, 0.5) is 0 Å². The number of nitrogens with zero attached hydrogens (tertiary/aromatic N) is 1. The zero-order valence-corrected chi connectivity index (χ0v) is 10.3. The SMILES string of the molecule is CC(CN)CC(=O)N(C)C1COCC1C(=O)O. The first-order valence-corrected chi connectivity index (χ1v) is 5.73. The van der Waals surface area contributed by atoms with Crippen LogP contribution in [0.5, 0.6) is 0 Å². The number of aliphatic carboxylic acids is 1. The molecule has 0 bridgehead atoms. The Bertz CT molecular complexity index is 295. The van der Waals surface area contributed by atoms with Crippen LogP contribution in [0.25, 0.3) is 0 Å². The van der Waals surface area contributed by atoms with Crippen molar-refractivity contribution in [1.82, 2.24) is 4.90 Å². The largest absolute Gasteiger partial charge is 0.481 e. The molecule has 6 nitrogen and oxygen atoms in total. The van der Waals surface area contributed by atoms with Crippen LogP contribution in [0.15, 0.2) is 0 Å². The van der Waals surface area contributed by atoms with Crippen LogP contribution in [0.3, 0.4) is 0 Å². The van der Waals surface area contributed by atoms with Gasteiger partial charge in [-0.05, 0) is 12.5 Å². The van der Waals surface area contributed by atoms with E-state index in [0.29, 0.717) is 13.0 Å². The zero-order valence-electron chi connectivity index (χ0n) is 10.3. The Morgan fingerprint density at radius 2 is 2.18 bits per heavy atom. The minimum Gasteiger partial charge on any atom is -0.481 e. The van der Waals surface area contributed by atoms with Crippen molar-refractivity contribution in [2.75, 3.05) is 26.8 Å². The molecule has 0 radical (unpaired) electrons. The highest BCUT2D eigenvalue weighted by molar-refractivity contribution is 5.78. The van der Waals surface area contributed by atoms with Gasteiger partial charge in [0.15, 0.2) is 0 Å². The molecule has 0 spiro atoms. The van der Waals surface area contributed by atoms with E-state index in [1.807, 2.05) is 6.92 Å². The normalized spacial score (nSPS) is 25.6. The second kappa shape index (κ2) is 5.97. The summed E-state index contributed by atoms with van der Waals surface area (Å²) in [5.41, 5.74) is 5.46. The highest BCUT2D eigenvalue weighted by Crippen LogP contribution is 2.20. The maximum atomic E-state index is 11.9. The van der Waals surface area contributed by atoms with Crippen molar-refractivity contribution in [1.29, 1.82) is 0 Å². The zero-order chi connectivity index (χ0) is 13.0. The summed E-state index contributed by atoms with van der Waals surface area (Å²) >= 11 is 0. The van der Waals surface area contributed by atoms with Crippen LogP contribution in [0.1, 0.15) is 13.3 Å². The number of hydrogen-bond acceptors (Lipinski definition) is 4.